The molecule has 1 atom stereocenters. The quantitative estimate of drug-likeness (QED) is 0.797. The highest BCUT2D eigenvalue weighted by atomic mass is 32.2. The van der Waals surface area contributed by atoms with Crippen molar-refractivity contribution in [2.75, 3.05) is 43.2 Å². The summed E-state index contributed by atoms with van der Waals surface area (Å²) in [6.45, 7) is 7.71. The summed E-state index contributed by atoms with van der Waals surface area (Å²) in [4.78, 5) is 13.4. The molecule has 1 aliphatic rings. The fraction of sp³-hybridized carbons (Fsp3) is 0.750. The van der Waals surface area contributed by atoms with E-state index in [0.29, 0.717) is 18.5 Å². The lowest BCUT2D eigenvalue weighted by atomic mass is 10.1. The Morgan fingerprint density at radius 1 is 1.29 bits per heavy atom. The highest BCUT2D eigenvalue weighted by Crippen LogP contribution is 2.24. The van der Waals surface area contributed by atoms with Crippen molar-refractivity contribution in [2.24, 2.45) is 0 Å². The van der Waals surface area contributed by atoms with Gasteiger partial charge in [0.2, 0.25) is 16.0 Å². The molecule has 1 saturated heterocycles. The molecule has 0 saturated carbocycles. The molecule has 1 aromatic heterocycles. The minimum absolute atomic E-state index is 0.0182. The summed E-state index contributed by atoms with van der Waals surface area (Å²) in [6.07, 6.45) is 3.09. The van der Waals surface area contributed by atoms with Crippen molar-refractivity contribution >= 4 is 21.8 Å². The molecule has 0 aromatic carbocycles. The second-order valence-electron chi connectivity index (χ2n) is 6.89. The van der Waals surface area contributed by atoms with Crippen LogP contribution in [0.3, 0.4) is 0 Å². The van der Waals surface area contributed by atoms with Gasteiger partial charge in [-0.05, 0) is 33.6 Å². The van der Waals surface area contributed by atoms with E-state index >= 15 is 0 Å². The molecular formula is C16H29N5O2S. The minimum Gasteiger partial charge on any atom is -0.355 e. The van der Waals surface area contributed by atoms with Gasteiger partial charge < -0.3 is 9.80 Å². The lowest BCUT2D eigenvalue weighted by Crippen LogP contribution is -2.48. The lowest BCUT2D eigenvalue weighted by molar-refractivity contribution is 0.321. The van der Waals surface area contributed by atoms with E-state index < -0.39 is 10.0 Å². The number of hydrogen-bond acceptors (Lipinski definition) is 6. The van der Waals surface area contributed by atoms with Crippen molar-refractivity contribution in [1.82, 2.24) is 14.3 Å². The van der Waals surface area contributed by atoms with Gasteiger partial charge in [-0.25, -0.2) is 17.7 Å². The van der Waals surface area contributed by atoms with Crippen molar-refractivity contribution in [3.63, 3.8) is 0 Å². The number of piperidine rings is 1. The molecule has 0 spiro atoms. The first-order valence-electron chi connectivity index (χ1n) is 8.36. The van der Waals surface area contributed by atoms with Crippen LogP contribution >= 0.6 is 0 Å². The van der Waals surface area contributed by atoms with E-state index in [4.69, 9.17) is 4.98 Å². The smallest absolute Gasteiger partial charge is 0.227 e. The van der Waals surface area contributed by atoms with E-state index in [0.717, 1.165) is 30.9 Å². The number of aryl methyl sites for hydroxylation is 1. The number of anilines is 2. The maximum absolute atomic E-state index is 11.8. The van der Waals surface area contributed by atoms with Crippen molar-refractivity contribution in [3.8, 4) is 0 Å². The summed E-state index contributed by atoms with van der Waals surface area (Å²) in [6, 6.07) is 2.26. The molecular weight excluding hydrogens is 326 g/mol. The van der Waals surface area contributed by atoms with Gasteiger partial charge in [-0.2, -0.15) is 4.98 Å². The van der Waals surface area contributed by atoms with Crippen LogP contribution in [0.25, 0.3) is 0 Å². The minimum atomic E-state index is -3.18. The Kier molecular flexibility index (Phi) is 5.70. The van der Waals surface area contributed by atoms with Crippen LogP contribution in [0.4, 0.5) is 11.8 Å². The number of nitrogens with zero attached hydrogens (tertiary/aromatic N) is 5. The summed E-state index contributed by atoms with van der Waals surface area (Å²) in [5.41, 5.74) is 0.918. The Labute approximate surface area is 145 Å². The van der Waals surface area contributed by atoms with Gasteiger partial charge in [0.1, 0.15) is 5.82 Å². The molecule has 0 N–H and O–H groups in total. The molecule has 2 heterocycles. The van der Waals surface area contributed by atoms with Gasteiger partial charge in [0.25, 0.3) is 0 Å². The average Bonchev–Trinajstić information content (AvgIpc) is 2.52. The zero-order chi connectivity index (χ0) is 18.1. The highest BCUT2D eigenvalue weighted by Gasteiger charge is 2.29. The standard InChI is InChI=1S/C16H29N5O2S/c1-12(2)19(4)16-17-13(3)10-15(18-16)21-9-7-8-14(11-21)20(5)24(6,22)23/h10,12,14H,7-9,11H2,1-6H3. The molecule has 0 aliphatic carbocycles. The number of aromatic nitrogens is 2. The third kappa shape index (κ3) is 4.36. The van der Waals surface area contributed by atoms with Gasteiger partial charge in [0.05, 0.1) is 6.26 Å². The van der Waals surface area contributed by atoms with Crippen molar-refractivity contribution in [2.45, 2.75) is 45.7 Å². The molecule has 0 bridgehead atoms. The number of likely N-dealkylation sites (N-methyl/N-ethyl adjacent to an activating group) is 1. The van der Waals surface area contributed by atoms with Crippen LogP contribution in [0.1, 0.15) is 32.4 Å². The molecule has 24 heavy (non-hydrogen) atoms. The van der Waals surface area contributed by atoms with Crippen LogP contribution in [0.2, 0.25) is 0 Å². The molecule has 1 unspecified atom stereocenters. The zero-order valence-electron chi connectivity index (χ0n) is 15.5. The maximum atomic E-state index is 11.8. The number of hydrogen-bond donors (Lipinski definition) is 0. The van der Waals surface area contributed by atoms with Gasteiger partial charge in [-0.15, -0.1) is 0 Å². The summed E-state index contributed by atoms with van der Waals surface area (Å²) >= 11 is 0. The fourth-order valence-corrected chi connectivity index (χ4v) is 3.53. The molecule has 1 aliphatic heterocycles. The molecule has 0 radical (unpaired) electrons. The van der Waals surface area contributed by atoms with Crippen LogP contribution < -0.4 is 9.80 Å². The number of rotatable bonds is 5. The second-order valence-corrected chi connectivity index (χ2v) is 8.94. The first kappa shape index (κ1) is 18.9. The highest BCUT2D eigenvalue weighted by molar-refractivity contribution is 7.88. The van der Waals surface area contributed by atoms with E-state index in [9.17, 15) is 8.42 Å². The predicted octanol–water partition coefficient (Wildman–Crippen LogP) is 1.49. The normalized spacial score (nSPS) is 19.2. The molecule has 1 fully saturated rings. The van der Waals surface area contributed by atoms with E-state index in [1.807, 2.05) is 24.9 Å². The Hall–Kier alpha value is -1.41. The van der Waals surface area contributed by atoms with Crippen LogP contribution in [0.15, 0.2) is 6.07 Å². The second kappa shape index (κ2) is 7.23. The van der Waals surface area contributed by atoms with Gasteiger partial charge >= 0.3 is 0 Å². The SMILES string of the molecule is Cc1cc(N2CCCC(N(C)S(C)(=O)=O)C2)nc(N(C)C(C)C)n1. The molecule has 136 valence electrons. The van der Waals surface area contributed by atoms with Crippen LogP contribution in [0.5, 0.6) is 0 Å². The average molecular weight is 356 g/mol. The Morgan fingerprint density at radius 3 is 2.54 bits per heavy atom. The van der Waals surface area contributed by atoms with Gasteiger partial charge in [0, 0.05) is 51.0 Å². The first-order valence-corrected chi connectivity index (χ1v) is 10.2. The zero-order valence-corrected chi connectivity index (χ0v) is 16.3. The van der Waals surface area contributed by atoms with Crippen molar-refractivity contribution in [1.29, 1.82) is 0 Å². The van der Waals surface area contributed by atoms with E-state index in [2.05, 4.69) is 23.7 Å². The summed E-state index contributed by atoms with van der Waals surface area (Å²) in [7, 11) is 0.462. The summed E-state index contributed by atoms with van der Waals surface area (Å²) in [5.74, 6) is 1.58. The van der Waals surface area contributed by atoms with Crippen LogP contribution in [-0.4, -0.2) is 68.2 Å². The predicted molar refractivity (Wildman–Crippen MR) is 98.1 cm³/mol. The third-order valence-corrected chi connectivity index (χ3v) is 6.02. The lowest BCUT2D eigenvalue weighted by Gasteiger charge is -2.37. The molecule has 8 heteroatoms. The maximum Gasteiger partial charge on any atom is 0.227 e. The topological polar surface area (TPSA) is 69.6 Å². The fourth-order valence-electron chi connectivity index (χ4n) is 2.82. The Morgan fingerprint density at radius 2 is 1.96 bits per heavy atom. The van der Waals surface area contributed by atoms with Gasteiger partial charge in [-0.1, -0.05) is 0 Å². The third-order valence-electron chi connectivity index (χ3n) is 4.68. The van der Waals surface area contributed by atoms with Gasteiger partial charge in [0.15, 0.2) is 0 Å². The van der Waals surface area contributed by atoms with Crippen LogP contribution in [-0.2, 0) is 10.0 Å². The first-order chi connectivity index (χ1) is 11.1. The Bertz CT molecular complexity index is 677. The van der Waals surface area contributed by atoms with E-state index in [-0.39, 0.29) is 6.04 Å². The monoisotopic (exact) mass is 355 g/mol. The molecule has 2 rings (SSSR count). The molecule has 1 aromatic rings. The van der Waals surface area contributed by atoms with Gasteiger partial charge in [-0.3, -0.25) is 0 Å². The molecule has 0 amide bonds. The summed E-state index contributed by atoms with van der Waals surface area (Å²) < 4.78 is 25.1. The summed E-state index contributed by atoms with van der Waals surface area (Å²) in [5, 5.41) is 0. The van der Waals surface area contributed by atoms with Crippen molar-refractivity contribution < 1.29 is 8.42 Å². The Balaban J connectivity index is 2.25. The van der Waals surface area contributed by atoms with Crippen molar-refractivity contribution in [3.05, 3.63) is 11.8 Å². The van der Waals surface area contributed by atoms with Crippen LogP contribution in [0, 0.1) is 6.92 Å². The number of sulfonamides is 1. The van der Waals surface area contributed by atoms with E-state index in [1.165, 1.54) is 10.6 Å². The largest absolute Gasteiger partial charge is 0.355 e. The molecule has 7 nitrogen and oxygen atoms in total. The van der Waals surface area contributed by atoms with E-state index in [1.54, 1.807) is 7.05 Å².